The van der Waals surface area contributed by atoms with Gasteiger partial charge >= 0.3 is 5.49 Å². The maximum atomic E-state index is 11.0. The SMILES string of the molecule is Cc1cc(Cl)c(C)nc1-c1[nH]n(C)c(=[N+]([O-])[O-])c1C. The molecular weight excluding hydrogens is 268 g/mol. The predicted molar refractivity (Wildman–Crippen MR) is 74.2 cm³/mol. The lowest BCUT2D eigenvalue weighted by Gasteiger charge is -2.09. The fourth-order valence-electron chi connectivity index (χ4n) is 2.08. The van der Waals surface area contributed by atoms with Gasteiger partial charge in [0.1, 0.15) is 12.7 Å². The maximum absolute atomic E-state index is 11.0. The summed E-state index contributed by atoms with van der Waals surface area (Å²) in [5.41, 5.74) is 3.49. The van der Waals surface area contributed by atoms with Crippen molar-refractivity contribution in [2.75, 3.05) is 0 Å². The van der Waals surface area contributed by atoms with Crippen LogP contribution in [0, 0.1) is 31.2 Å². The van der Waals surface area contributed by atoms with Crippen LogP contribution >= 0.6 is 11.6 Å². The lowest BCUT2D eigenvalue weighted by Crippen LogP contribution is -2.28. The molecule has 0 aliphatic heterocycles. The van der Waals surface area contributed by atoms with Crippen LogP contribution in [0.25, 0.3) is 11.4 Å². The number of aromatic nitrogens is 3. The summed E-state index contributed by atoms with van der Waals surface area (Å²) in [6, 6.07) is 1.81. The molecule has 2 rings (SSSR count). The molecule has 1 N–H and O–H groups in total. The topological polar surface area (TPSA) is 82.7 Å². The van der Waals surface area contributed by atoms with Gasteiger partial charge in [0.05, 0.1) is 22.0 Å². The van der Waals surface area contributed by atoms with Gasteiger partial charge < -0.3 is 10.4 Å². The summed E-state index contributed by atoms with van der Waals surface area (Å²) < 4.78 is 1.38. The van der Waals surface area contributed by atoms with Crippen LogP contribution in [0.3, 0.4) is 0 Å². The number of rotatable bonds is 1. The first-order valence-electron chi connectivity index (χ1n) is 5.70. The number of nitrogens with zero attached hydrogens (tertiary/aromatic N) is 3. The quantitative estimate of drug-likeness (QED) is 0.809. The van der Waals surface area contributed by atoms with Crippen molar-refractivity contribution >= 4 is 11.6 Å². The van der Waals surface area contributed by atoms with E-state index in [2.05, 4.69) is 10.1 Å². The Morgan fingerprint density at radius 1 is 1.32 bits per heavy atom. The van der Waals surface area contributed by atoms with Crippen LogP contribution in [-0.2, 0) is 7.05 Å². The van der Waals surface area contributed by atoms with Crippen LogP contribution in [0.1, 0.15) is 16.8 Å². The first kappa shape index (κ1) is 13.5. The zero-order valence-corrected chi connectivity index (χ0v) is 11.9. The van der Waals surface area contributed by atoms with Crippen molar-refractivity contribution in [3.05, 3.63) is 43.8 Å². The third-order valence-electron chi connectivity index (χ3n) is 3.06. The molecule has 0 fully saturated rings. The Kier molecular flexibility index (Phi) is 3.28. The molecule has 2 heterocycles. The van der Waals surface area contributed by atoms with E-state index < -0.39 is 4.90 Å². The summed E-state index contributed by atoms with van der Waals surface area (Å²) in [6.45, 7) is 5.38. The Hall–Kier alpha value is -1.95. The second kappa shape index (κ2) is 4.62. The zero-order chi connectivity index (χ0) is 14.3. The van der Waals surface area contributed by atoms with Gasteiger partial charge in [0, 0.05) is 0 Å². The lowest BCUT2D eigenvalue weighted by molar-refractivity contribution is 0.686. The van der Waals surface area contributed by atoms with Gasteiger partial charge in [0.2, 0.25) is 0 Å². The van der Waals surface area contributed by atoms with Gasteiger partial charge in [-0.2, -0.15) is 4.68 Å². The first-order chi connectivity index (χ1) is 8.82. The van der Waals surface area contributed by atoms with Gasteiger partial charge in [-0.05, 0) is 32.4 Å². The zero-order valence-electron chi connectivity index (χ0n) is 11.1. The van der Waals surface area contributed by atoms with Gasteiger partial charge in [-0.15, -0.1) is 0 Å². The molecular formula is C12H14ClN4O2-. The van der Waals surface area contributed by atoms with Crippen molar-refractivity contribution in [3.8, 4) is 11.4 Å². The molecule has 102 valence electrons. The molecule has 2 aromatic heterocycles. The first-order valence-corrected chi connectivity index (χ1v) is 6.07. The van der Waals surface area contributed by atoms with Gasteiger partial charge in [0.25, 0.3) is 0 Å². The van der Waals surface area contributed by atoms with Crippen molar-refractivity contribution in [2.24, 2.45) is 7.05 Å². The Morgan fingerprint density at radius 3 is 2.47 bits per heavy atom. The van der Waals surface area contributed by atoms with E-state index in [0.717, 1.165) is 5.56 Å². The summed E-state index contributed by atoms with van der Waals surface area (Å²) in [7, 11) is 1.60. The normalized spacial score (nSPS) is 10.8. The van der Waals surface area contributed by atoms with Crippen LogP contribution in [0.2, 0.25) is 5.02 Å². The van der Waals surface area contributed by atoms with E-state index >= 15 is 0 Å². The summed E-state index contributed by atoms with van der Waals surface area (Å²) in [5.74, 6) is 0. The van der Waals surface area contributed by atoms with Crippen molar-refractivity contribution in [1.82, 2.24) is 19.7 Å². The molecule has 0 aliphatic rings. The highest BCUT2D eigenvalue weighted by atomic mass is 35.5. The molecule has 0 atom stereocenters. The van der Waals surface area contributed by atoms with Crippen molar-refractivity contribution < 1.29 is 0 Å². The van der Waals surface area contributed by atoms with Crippen LogP contribution < -0.4 is 10.4 Å². The van der Waals surface area contributed by atoms with Gasteiger partial charge in [0.15, 0.2) is 0 Å². The van der Waals surface area contributed by atoms with Crippen molar-refractivity contribution in [2.45, 2.75) is 20.8 Å². The number of pyridine rings is 1. The molecule has 0 spiro atoms. The Morgan fingerprint density at radius 2 is 1.95 bits per heavy atom. The largest absolute Gasteiger partial charge is 0.712 e. The van der Waals surface area contributed by atoms with Gasteiger partial charge in [-0.25, -0.2) is 10.1 Å². The number of H-pyrrole nitrogens is 1. The van der Waals surface area contributed by atoms with E-state index in [-0.39, 0.29) is 5.49 Å². The van der Waals surface area contributed by atoms with E-state index in [0.29, 0.717) is 27.7 Å². The second-order valence-corrected chi connectivity index (χ2v) is 4.88. The number of nitrogens with one attached hydrogen (secondary N) is 1. The third-order valence-corrected chi connectivity index (χ3v) is 3.44. The fourth-order valence-corrected chi connectivity index (χ4v) is 2.29. The third kappa shape index (κ3) is 2.19. The highest BCUT2D eigenvalue weighted by Gasteiger charge is 2.17. The monoisotopic (exact) mass is 281 g/mol. The minimum atomic E-state index is -0.409. The molecule has 0 aromatic carbocycles. The number of hydrogen-bond acceptors (Lipinski definition) is 3. The van der Waals surface area contributed by atoms with Crippen LogP contribution in [0.5, 0.6) is 0 Å². The van der Waals surface area contributed by atoms with Crippen LogP contribution in [-0.4, -0.2) is 14.8 Å². The van der Waals surface area contributed by atoms with Crippen molar-refractivity contribution in [1.29, 1.82) is 0 Å². The average molecular weight is 282 g/mol. The molecule has 0 radical (unpaired) electrons. The summed E-state index contributed by atoms with van der Waals surface area (Å²) in [5, 5.41) is 25.6. The molecule has 0 saturated carbocycles. The minimum absolute atomic E-state index is 0.0313. The van der Waals surface area contributed by atoms with Gasteiger partial charge in [-0.1, -0.05) is 11.6 Å². The van der Waals surface area contributed by atoms with E-state index in [1.54, 1.807) is 20.9 Å². The van der Waals surface area contributed by atoms with E-state index in [1.165, 1.54) is 4.68 Å². The second-order valence-electron chi connectivity index (χ2n) is 4.47. The Bertz CT molecular complexity index is 711. The van der Waals surface area contributed by atoms with Gasteiger partial charge in [-0.3, -0.25) is 4.90 Å². The molecule has 0 aliphatic carbocycles. The molecule has 7 heteroatoms. The molecule has 0 amide bonds. The number of halogens is 1. The number of hydrogen-bond donors (Lipinski definition) is 1. The molecule has 0 bridgehead atoms. The fraction of sp³-hybridized carbons (Fsp3) is 0.333. The number of aryl methyl sites for hydroxylation is 3. The lowest BCUT2D eigenvalue weighted by atomic mass is 10.1. The minimum Gasteiger partial charge on any atom is -0.712 e. The standard InChI is InChI=1S/C12H14ClN4O2/c1-6-5-9(13)8(3)14-10(6)11-7(2)12(17(18)19)16(4)15-11/h5,15H,1-4H3/q-1. The summed E-state index contributed by atoms with van der Waals surface area (Å²) in [6.07, 6.45) is 0. The predicted octanol–water partition coefficient (Wildman–Crippen LogP) is 1.76. The summed E-state index contributed by atoms with van der Waals surface area (Å²) in [4.78, 5) is 4.01. The van der Waals surface area contributed by atoms with Crippen molar-refractivity contribution in [3.63, 3.8) is 0 Å². The molecule has 0 unspecified atom stereocenters. The van der Waals surface area contributed by atoms with E-state index in [4.69, 9.17) is 11.6 Å². The highest BCUT2D eigenvalue weighted by Crippen LogP contribution is 2.25. The highest BCUT2D eigenvalue weighted by molar-refractivity contribution is 6.31. The summed E-state index contributed by atoms with van der Waals surface area (Å²) >= 11 is 6.01. The van der Waals surface area contributed by atoms with Crippen LogP contribution in [0.15, 0.2) is 6.07 Å². The average Bonchev–Trinajstić information content (AvgIpc) is 2.59. The van der Waals surface area contributed by atoms with E-state index in [9.17, 15) is 10.4 Å². The maximum Gasteiger partial charge on any atom is 0.306 e. The number of aromatic amines is 1. The van der Waals surface area contributed by atoms with Crippen LogP contribution in [0.4, 0.5) is 0 Å². The molecule has 0 saturated heterocycles. The molecule has 19 heavy (non-hydrogen) atoms. The van der Waals surface area contributed by atoms with E-state index in [1.807, 2.05) is 13.0 Å². The Labute approximate surface area is 115 Å². The smallest absolute Gasteiger partial charge is 0.306 e. The molecule has 6 nitrogen and oxygen atoms in total. The molecule has 2 aromatic rings. The Balaban J connectivity index is 2.78.